The summed E-state index contributed by atoms with van der Waals surface area (Å²) >= 11 is 0. The maximum Gasteiger partial charge on any atom is 0.377 e. The fourth-order valence-corrected chi connectivity index (χ4v) is 2.91. The van der Waals surface area contributed by atoms with Crippen LogP contribution >= 0.6 is 0 Å². The van der Waals surface area contributed by atoms with E-state index in [0.717, 1.165) is 0 Å². The second kappa shape index (κ2) is 7.65. The lowest BCUT2D eigenvalue weighted by molar-refractivity contribution is -0.380. The highest BCUT2D eigenvalue weighted by Gasteiger charge is 2.52. The molecular weight excluding hydrogens is 429 g/mol. The number of ether oxygens (including phenoxy) is 2. The molecule has 2 aromatic heterocycles. The molecule has 0 bridgehead atoms. The molecule has 1 saturated heterocycles. The monoisotopic (exact) mass is 443 g/mol. The number of alkyl halides is 4. The predicted octanol–water partition coefficient (Wildman–Crippen LogP) is 4.05. The van der Waals surface area contributed by atoms with Crippen molar-refractivity contribution in [3.63, 3.8) is 0 Å². The summed E-state index contributed by atoms with van der Waals surface area (Å²) in [7, 11) is 1.40. The third kappa shape index (κ3) is 4.66. The van der Waals surface area contributed by atoms with Crippen LogP contribution in [0.4, 0.5) is 39.6 Å². The van der Waals surface area contributed by atoms with E-state index in [2.05, 4.69) is 25.2 Å². The molecule has 1 aliphatic heterocycles. The number of nitrogens with one attached hydrogen (secondary N) is 1. The molecule has 1 N–H and O–H groups in total. The second-order valence-electron chi connectivity index (χ2n) is 6.52. The largest absolute Gasteiger partial charge is 0.497 e. The van der Waals surface area contributed by atoms with Gasteiger partial charge in [0, 0.05) is 23.9 Å². The Balaban J connectivity index is 1.53. The molecule has 1 fully saturated rings. The van der Waals surface area contributed by atoms with Crippen molar-refractivity contribution in [3.8, 4) is 17.0 Å². The number of hydrogen-bond donors (Lipinski definition) is 1. The number of benzene rings is 1. The van der Waals surface area contributed by atoms with Gasteiger partial charge in [-0.2, -0.15) is 22.5 Å². The standard InChI is InChI=1S/C18H14F5N5O3/c1-29-10-2-3-11(12(19)6-10)13-7-15(30-27-13)25-14-4-5-24-16(26-14)28-8-17(20,21)31-18(22,23)9-28/h2-7H,8-9H2,1H3,(H,24,25,26). The van der Waals surface area contributed by atoms with Crippen molar-refractivity contribution in [2.45, 2.75) is 12.2 Å². The minimum Gasteiger partial charge on any atom is -0.497 e. The van der Waals surface area contributed by atoms with Crippen LogP contribution < -0.4 is 15.0 Å². The fourth-order valence-electron chi connectivity index (χ4n) is 2.91. The molecule has 8 nitrogen and oxygen atoms in total. The van der Waals surface area contributed by atoms with E-state index in [1.54, 1.807) is 6.07 Å². The Morgan fingerprint density at radius 2 is 1.84 bits per heavy atom. The first kappa shape index (κ1) is 20.8. The Labute approximate surface area is 171 Å². The first-order chi connectivity index (χ1) is 14.6. The van der Waals surface area contributed by atoms with Gasteiger partial charge in [-0.05, 0) is 18.2 Å². The highest BCUT2D eigenvalue weighted by atomic mass is 19.3. The molecule has 0 saturated carbocycles. The van der Waals surface area contributed by atoms with Crippen LogP contribution in [0.1, 0.15) is 0 Å². The molecule has 1 aromatic carbocycles. The van der Waals surface area contributed by atoms with Gasteiger partial charge in [0.15, 0.2) is 0 Å². The van der Waals surface area contributed by atoms with Gasteiger partial charge in [0.25, 0.3) is 0 Å². The van der Waals surface area contributed by atoms with Crippen LogP contribution in [-0.4, -0.2) is 47.5 Å². The Kier molecular flexibility index (Phi) is 5.13. The molecule has 0 amide bonds. The maximum absolute atomic E-state index is 14.2. The normalized spacial score (nSPS) is 17.4. The molecule has 0 atom stereocenters. The lowest BCUT2D eigenvalue weighted by atomic mass is 10.1. The summed E-state index contributed by atoms with van der Waals surface area (Å²) in [6.07, 6.45) is -6.95. The molecule has 164 valence electrons. The van der Waals surface area contributed by atoms with E-state index >= 15 is 0 Å². The van der Waals surface area contributed by atoms with Crippen LogP contribution in [0.2, 0.25) is 0 Å². The van der Waals surface area contributed by atoms with Gasteiger partial charge in [0.2, 0.25) is 11.8 Å². The van der Waals surface area contributed by atoms with Crippen molar-refractivity contribution in [3.05, 3.63) is 42.3 Å². The minimum absolute atomic E-state index is 0.0486. The van der Waals surface area contributed by atoms with Crippen LogP contribution in [0.25, 0.3) is 11.3 Å². The van der Waals surface area contributed by atoms with Crippen molar-refractivity contribution in [2.75, 3.05) is 30.4 Å². The second-order valence-corrected chi connectivity index (χ2v) is 6.52. The van der Waals surface area contributed by atoms with Crippen molar-refractivity contribution in [1.82, 2.24) is 15.1 Å². The van der Waals surface area contributed by atoms with E-state index in [9.17, 15) is 22.0 Å². The third-order valence-electron chi connectivity index (χ3n) is 4.19. The van der Waals surface area contributed by atoms with Crippen LogP contribution in [-0.2, 0) is 4.74 Å². The molecule has 0 aliphatic carbocycles. The number of aromatic nitrogens is 3. The topological polar surface area (TPSA) is 85.5 Å². The van der Waals surface area contributed by atoms with Gasteiger partial charge in [-0.1, -0.05) is 5.16 Å². The van der Waals surface area contributed by atoms with Gasteiger partial charge in [0.05, 0.1) is 7.11 Å². The zero-order valence-corrected chi connectivity index (χ0v) is 15.8. The van der Waals surface area contributed by atoms with Crippen LogP contribution in [0.5, 0.6) is 5.75 Å². The summed E-state index contributed by atoms with van der Waals surface area (Å²) in [5.74, 6) is -0.518. The lowest BCUT2D eigenvalue weighted by Crippen LogP contribution is -2.55. The summed E-state index contributed by atoms with van der Waals surface area (Å²) in [5, 5.41) is 6.46. The highest BCUT2D eigenvalue weighted by Crippen LogP contribution is 2.35. The third-order valence-corrected chi connectivity index (χ3v) is 4.19. The van der Waals surface area contributed by atoms with Crippen molar-refractivity contribution < 1.29 is 35.9 Å². The van der Waals surface area contributed by atoms with Gasteiger partial charge < -0.3 is 19.5 Å². The van der Waals surface area contributed by atoms with Crippen molar-refractivity contribution >= 4 is 17.7 Å². The number of halogens is 5. The first-order valence-electron chi connectivity index (χ1n) is 8.76. The van der Waals surface area contributed by atoms with Crippen LogP contribution in [0.15, 0.2) is 41.1 Å². The summed E-state index contributed by atoms with van der Waals surface area (Å²) in [5.41, 5.74) is 0.322. The van der Waals surface area contributed by atoms with Crippen LogP contribution in [0, 0.1) is 5.82 Å². The van der Waals surface area contributed by atoms with Gasteiger partial charge in [-0.3, -0.25) is 4.74 Å². The van der Waals surface area contributed by atoms with Gasteiger partial charge in [-0.25, -0.2) is 9.37 Å². The lowest BCUT2D eigenvalue weighted by Gasteiger charge is -2.36. The molecule has 4 rings (SSSR count). The molecule has 0 radical (unpaired) electrons. The molecule has 3 aromatic rings. The zero-order chi connectivity index (χ0) is 22.2. The number of anilines is 3. The smallest absolute Gasteiger partial charge is 0.377 e. The average Bonchev–Trinajstić information content (AvgIpc) is 3.13. The average molecular weight is 443 g/mol. The summed E-state index contributed by atoms with van der Waals surface area (Å²) < 4.78 is 81.5. The molecule has 1 aliphatic rings. The van der Waals surface area contributed by atoms with Crippen molar-refractivity contribution in [1.29, 1.82) is 0 Å². The Hall–Kier alpha value is -3.48. The number of hydrogen-bond acceptors (Lipinski definition) is 8. The molecular formula is C18H14F5N5O3. The van der Waals surface area contributed by atoms with Crippen molar-refractivity contribution in [2.24, 2.45) is 0 Å². The predicted molar refractivity (Wildman–Crippen MR) is 97.0 cm³/mol. The van der Waals surface area contributed by atoms with E-state index in [4.69, 9.17) is 9.26 Å². The van der Waals surface area contributed by atoms with Gasteiger partial charge in [0.1, 0.15) is 36.2 Å². The molecule has 0 spiro atoms. The first-order valence-corrected chi connectivity index (χ1v) is 8.76. The zero-order valence-electron chi connectivity index (χ0n) is 15.8. The summed E-state index contributed by atoms with van der Waals surface area (Å²) in [6.45, 7) is -2.29. The van der Waals surface area contributed by atoms with Crippen LogP contribution in [0.3, 0.4) is 0 Å². The van der Waals surface area contributed by atoms with E-state index in [1.165, 1.54) is 37.6 Å². The Morgan fingerprint density at radius 3 is 2.52 bits per heavy atom. The molecule has 13 heteroatoms. The van der Waals surface area contributed by atoms with E-state index < -0.39 is 31.1 Å². The fraction of sp³-hybridized carbons (Fsp3) is 0.278. The number of morpholine rings is 1. The minimum atomic E-state index is -4.07. The summed E-state index contributed by atoms with van der Waals surface area (Å²) in [4.78, 5) is 8.31. The SMILES string of the molecule is COc1ccc(-c2cc(Nc3ccnc(N4CC(F)(F)OC(F)(F)C4)n3)on2)c(F)c1. The van der Waals surface area contributed by atoms with E-state index in [0.29, 0.717) is 10.6 Å². The molecule has 3 heterocycles. The van der Waals surface area contributed by atoms with Gasteiger partial charge in [-0.15, -0.1) is 0 Å². The number of nitrogens with zero attached hydrogens (tertiary/aromatic N) is 4. The Bertz CT molecular complexity index is 1080. The highest BCUT2D eigenvalue weighted by molar-refractivity contribution is 5.65. The number of methoxy groups -OCH3 is 1. The quantitative estimate of drug-likeness (QED) is 0.592. The summed E-state index contributed by atoms with van der Waals surface area (Å²) in [6, 6.07) is 6.92. The van der Waals surface area contributed by atoms with E-state index in [-0.39, 0.29) is 28.9 Å². The molecule has 0 unspecified atom stereocenters. The number of rotatable bonds is 5. The van der Waals surface area contributed by atoms with Gasteiger partial charge >= 0.3 is 12.2 Å². The Morgan fingerprint density at radius 1 is 1.10 bits per heavy atom. The maximum atomic E-state index is 14.2. The molecule has 31 heavy (non-hydrogen) atoms. The van der Waals surface area contributed by atoms with E-state index in [1.807, 2.05) is 0 Å².